The van der Waals surface area contributed by atoms with Gasteiger partial charge in [0.15, 0.2) is 0 Å². The molecule has 1 aromatic carbocycles. The second-order valence-corrected chi connectivity index (χ2v) is 7.04. The number of halogens is 2. The maximum absolute atomic E-state index is 13.4. The van der Waals surface area contributed by atoms with Gasteiger partial charge >= 0.3 is 0 Å². The zero-order chi connectivity index (χ0) is 17.3. The van der Waals surface area contributed by atoms with Crippen LogP contribution in [0.4, 0.5) is 8.78 Å². The maximum atomic E-state index is 13.4. The molecule has 0 fully saturated rings. The Morgan fingerprint density at radius 2 is 1.52 bits per heavy atom. The van der Waals surface area contributed by atoms with Crippen molar-refractivity contribution in [2.45, 2.75) is 77.7 Å². The van der Waals surface area contributed by atoms with Crippen molar-refractivity contribution in [3.05, 3.63) is 35.4 Å². The second kappa shape index (κ2) is 10.0. The summed E-state index contributed by atoms with van der Waals surface area (Å²) in [7, 11) is 1.71. The van der Waals surface area contributed by atoms with Crippen LogP contribution in [-0.4, -0.2) is 12.7 Å². The van der Waals surface area contributed by atoms with Crippen molar-refractivity contribution in [3.8, 4) is 0 Å². The van der Waals surface area contributed by atoms with E-state index in [1.54, 1.807) is 7.11 Å². The summed E-state index contributed by atoms with van der Waals surface area (Å²) in [5.74, 6) is -0.762. The van der Waals surface area contributed by atoms with Gasteiger partial charge in [0.1, 0.15) is 11.6 Å². The molecule has 1 nitrogen and oxygen atoms in total. The van der Waals surface area contributed by atoms with Crippen LogP contribution in [-0.2, 0) is 11.2 Å². The summed E-state index contributed by atoms with van der Waals surface area (Å²) in [4.78, 5) is 0. The number of hydrogen-bond acceptors (Lipinski definition) is 1. The molecule has 0 N–H and O–H groups in total. The van der Waals surface area contributed by atoms with Gasteiger partial charge in [-0.1, -0.05) is 45.4 Å². The maximum Gasteiger partial charge on any atom is 0.126 e. The molecule has 1 atom stereocenters. The summed E-state index contributed by atoms with van der Waals surface area (Å²) in [5.41, 5.74) is 0.412. The molecule has 1 aromatic rings. The van der Waals surface area contributed by atoms with Gasteiger partial charge in [-0.2, -0.15) is 0 Å². The first kappa shape index (κ1) is 20.1. The van der Waals surface area contributed by atoms with Crippen LogP contribution in [0.25, 0.3) is 0 Å². The topological polar surface area (TPSA) is 9.23 Å². The largest absolute Gasteiger partial charge is 0.379 e. The summed E-state index contributed by atoms with van der Waals surface area (Å²) in [6.07, 6.45) is 9.13. The van der Waals surface area contributed by atoms with Crippen LogP contribution in [0.3, 0.4) is 0 Å². The van der Waals surface area contributed by atoms with Crippen molar-refractivity contribution >= 4 is 0 Å². The molecule has 0 spiro atoms. The Hall–Kier alpha value is -0.960. The van der Waals surface area contributed by atoms with Gasteiger partial charge < -0.3 is 4.74 Å². The average Bonchev–Trinajstić information content (AvgIpc) is 2.48. The number of hydrogen-bond donors (Lipinski definition) is 0. The highest BCUT2D eigenvalue weighted by Crippen LogP contribution is 2.30. The Bertz CT molecular complexity index is 437. The molecule has 23 heavy (non-hydrogen) atoms. The van der Waals surface area contributed by atoms with E-state index in [2.05, 4.69) is 20.8 Å². The summed E-state index contributed by atoms with van der Waals surface area (Å²) >= 11 is 0. The minimum absolute atomic E-state index is 0.250. The third kappa shape index (κ3) is 7.43. The van der Waals surface area contributed by atoms with Gasteiger partial charge in [0.05, 0.1) is 5.60 Å². The number of benzene rings is 1. The third-order valence-corrected chi connectivity index (χ3v) is 4.82. The lowest BCUT2D eigenvalue weighted by Gasteiger charge is -2.33. The van der Waals surface area contributed by atoms with Gasteiger partial charge in [-0.25, -0.2) is 8.78 Å². The molecule has 0 aromatic heterocycles. The van der Waals surface area contributed by atoms with Gasteiger partial charge in [0.25, 0.3) is 0 Å². The Kier molecular flexibility index (Phi) is 8.75. The predicted molar refractivity (Wildman–Crippen MR) is 92.6 cm³/mol. The quantitative estimate of drug-likeness (QED) is 0.434. The highest BCUT2D eigenvalue weighted by Gasteiger charge is 2.29. The third-order valence-electron chi connectivity index (χ3n) is 4.82. The van der Waals surface area contributed by atoms with Crippen LogP contribution in [0.1, 0.15) is 71.3 Å². The molecule has 0 radical (unpaired) electrons. The van der Waals surface area contributed by atoms with E-state index in [0.29, 0.717) is 12.0 Å². The van der Waals surface area contributed by atoms with Crippen molar-refractivity contribution in [1.82, 2.24) is 0 Å². The Morgan fingerprint density at radius 3 is 2.09 bits per heavy atom. The number of rotatable bonds is 11. The van der Waals surface area contributed by atoms with E-state index in [9.17, 15) is 8.78 Å². The van der Waals surface area contributed by atoms with Crippen molar-refractivity contribution in [2.75, 3.05) is 7.11 Å². The van der Waals surface area contributed by atoms with E-state index < -0.39 is 11.6 Å². The zero-order valence-electron chi connectivity index (χ0n) is 15.1. The fraction of sp³-hybridized carbons (Fsp3) is 0.700. The van der Waals surface area contributed by atoms with Gasteiger partial charge in [-0.05, 0) is 50.3 Å². The van der Waals surface area contributed by atoms with Crippen molar-refractivity contribution in [3.63, 3.8) is 0 Å². The van der Waals surface area contributed by atoms with E-state index in [-0.39, 0.29) is 11.5 Å². The minimum Gasteiger partial charge on any atom is -0.379 e. The molecule has 1 unspecified atom stereocenters. The van der Waals surface area contributed by atoms with Gasteiger partial charge in [-0.15, -0.1) is 0 Å². The van der Waals surface area contributed by atoms with E-state index in [4.69, 9.17) is 4.74 Å². The first-order valence-electron chi connectivity index (χ1n) is 8.89. The van der Waals surface area contributed by atoms with Crippen LogP contribution in [0.15, 0.2) is 18.2 Å². The lowest BCUT2D eigenvalue weighted by molar-refractivity contribution is -0.0315. The number of unbranched alkanes of at least 4 members (excludes halogenated alkanes) is 5. The summed E-state index contributed by atoms with van der Waals surface area (Å²) in [5, 5.41) is 0. The molecule has 0 aliphatic carbocycles. The van der Waals surface area contributed by atoms with Crippen LogP contribution >= 0.6 is 0 Å². The normalized spacial score (nSPS) is 13.3. The average molecular weight is 326 g/mol. The molecule has 132 valence electrons. The second-order valence-electron chi connectivity index (χ2n) is 7.04. The molecular weight excluding hydrogens is 294 g/mol. The van der Waals surface area contributed by atoms with Crippen LogP contribution in [0.5, 0.6) is 0 Å². The molecular formula is C20H32F2O. The summed E-state index contributed by atoms with van der Waals surface area (Å²) in [6, 6.07) is 3.79. The molecule has 0 bridgehead atoms. The van der Waals surface area contributed by atoms with Gasteiger partial charge in [0.2, 0.25) is 0 Å². The lowest BCUT2D eigenvalue weighted by atomic mass is 9.81. The highest BCUT2D eigenvalue weighted by atomic mass is 19.1. The molecule has 0 heterocycles. The predicted octanol–water partition coefficient (Wildman–Crippen LogP) is 6.30. The Morgan fingerprint density at radius 1 is 0.957 bits per heavy atom. The van der Waals surface area contributed by atoms with E-state index in [1.807, 2.05) is 0 Å². The van der Waals surface area contributed by atoms with Crippen LogP contribution < -0.4 is 0 Å². The van der Waals surface area contributed by atoms with E-state index >= 15 is 0 Å². The molecule has 0 saturated carbocycles. The van der Waals surface area contributed by atoms with Gasteiger partial charge in [-0.3, -0.25) is 0 Å². The van der Waals surface area contributed by atoms with Gasteiger partial charge in [0, 0.05) is 13.2 Å². The minimum atomic E-state index is -0.506. The molecule has 1 rings (SSSR count). The van der Waals surface area contributed by atoms with Crippen LogP contribution in [0, 0.1) is 17.6 Å². The summed E-state index contributed by atoms with van der Waals surface area (Å²) < 4.78 is 32.5. The van der Waals surface area contributed by atoms with E-state index in [0.717, 1.165) is 18.9 Å². The standard InChI is InChI=1S/C20H32F2O/c1-5-6-7-8-9-10-11-17(20(2,3)23-4)12-16-13-18(21)15-19(22)14-16/h13-15,17H,5-12H2,1-4H3. The molecule has 0 aliphatic heterocycles. The van der Waals surface area contributed by atoms with Crippen molar-refractivity contribution in [2.24, 2.45) is 5.92 Å². The SMILES string of the molecule is CCCCCCCCC(Cc1cc(F)cc(F)c1)C(C)(C)OC. The Balaban J connectivity index is 2.62. The smallest absolute Gasteiger partial charge is 0.126 e. The fourth-order valence-electron chi connectivity index (χ4n) is 3.05. The van der Waals surface area contributed by atoms with Crippen molar-refractivity contribution < 1.29 is 13.5 Å². The number of ether oxygens (including phenoxy) is 1. The first-order chi connectivity index (χ1) is 10.9. The van der Waals surface area contributed by atoms with E-state index in [1.165, 1.54) is 44.2 Å². The van der Waals surface area contributed by atoms with Crippen molar-refractivity contribution in [1.29, 1.82) is 0 Å². The monoisotopic (exact) mass is 326 g/mol. The molecule has 0 amide bonds. The molecule has 0 saturated heterocycles. The molecule has 0 aliphatic rings. The Labute approximate surface area is 140 Å². The first-order valence-corrected chi connectivity index (χ1v) is 8.89. The molecule has 3 heteroatoms. The summed E-state index contributed by atoms with van der Waals surface area (Å²) in [6.45, 7) is 6.34. The van der Waals surface area contributed by atoms with Crippen LogP contribution in [0.2, 0.25) is 0 Å². The number of methoxy groups -OCH3 is 1. The fourth-order valence-corrected chi connectivity index (χ4v) is 3.05. The highest BCUT2D eigenvalue weighted by molar-refractivity contribution is 5.19. The lowest BCUT2D eigenvalue weighted by Crippen LogP contribution is -2.35. The zero-order valence-corrected chi connectivity index (χ0v) is 15.1.